The molecule has 3 heteroatoms. The lowest BCUT2D eigenvalue weighted by Crippen LogP contribution is -2.20. The molecule has 0 bridgehead atoms. The zero-order valence-electron chi connectivity index (χ0n) is 8.50. The molecule has 0 saturated heterocycles. The standard InChI is InChI=1S/C12H14ClNO/c13-10-6-3-7-11(8-10)14-12(15)9-4-1-2-5-9/h3,6-9H,1-2,4-5H2,(H,14,15). The third kappa shape index (κ3) is 2.72. The Morgan fingerprint density at radius 1 is 1.33 bits per heavy atom. The Morgan fingerprint density at radius 3 is 2.73 bits per heavy atom. The summed E-state index contributed by atoms with van der Waals surface area (Å²) in [6.45, 7) is 0. The van der Waals surface area contributed by atoms with Gasteiger partial charge in [0, 0.05) is 16.6 Å². The Balaban J connectivity index is 1.99. The smallest absolute Gasteiger partial charge is 0.227 e. The van der Waals surface area contributed by atoms with Gasteiger partial charge in [-0.3, -0.25) is 4.79 Å². The second-order valence-electron chi connectivity index (χ2n) is 3.98. The average Bonchev–Trinajstić information content (AvgIpc) is 2.70. The Labute approximate surface area is 94.6 Å². The number of hydrogen-bond acceptors (Lipinski definition) is 1. The first-order valence-corrected chi connectivity index (χ1v) is 5.70. The van der Waals surface area contributed by atoms with Gasteiger partial charge in [0.1, 0.15) is 0 Å². The molecule has 0 radical (unpaired) electrons. The molecule has 80 valence electrons. The molecule has 2 rings (SSSR count). The van der Waals surface area contributed by atoms with E-state index in [1.165, 1.54) is 12.8 Å². The summed E-state index contributed by atoms with van der Waals surface area (Å²) in [5.74, 6) is 0.332. The molecule has 0 heterocycles. The summed E-state index contributed by atoms with van der Waals surface area (Å²) >= 11 is 5.84. The molecule has 15 heavy (non-hydrogen) atoms. The van der Waals surface area contributed by atoms with Crippen LogP contribution in [-0.2, 0) is 4.79 Å². The lowest BCUT2D eigenvalue weighted by atomic mass is 10.1. The van der Waals surface area contributed by atoms with Crippen molar-refractivity contribution >= 4 is 23.2 Å². The molecular weight excluding hydrogens is 210 g/mol. The average molecular weight is 224 g/mol. The fourth-order valence-corrected chi connectivity index (χ4v) is 2.19. The van der Waals surface area contributed by atoms with Crippen LogP contribution in [0.5, 0.6) is 0 Å². The minimum atomic E-state index is 0.134. The van der Waals surface area contributed by atoms with E-state index in [-0.39, 0.29) is 11.8 Å². The number of amides is 1. The topological polar surface area (TPSA) is 29.1 Å². The zero-order chi connectivity index (χ0) is 10.7. The van der Waals surface area contributed by atoms with Gasteiger partial charge in [0.25, 0.3) is 0 Å². The van der Waals surface area contributed by atoms with Crippen molar-refractivity contribution in [3.05, 3.63) is 29.3 Å². The van der Waals surface area contributed by atoms with Gasteiger partial charge in [-0.2, -0.15) is 0 Å². The van der Waals surface area contributed by atoms with Gasteiger partial charge in [-0.1, -0.05) is 30.5 Å². The largest absolute Gasteiger partial charge is 0.326 e. The first kappa shape index (κ1) is 10.5. The molecule has 0 aromatic heterocycles. The molecular formula is C12H14ClNO. The minimum Gasteiger partial charge on any atom is -0.326 e. The molecule has 1 aliphatic carbocycles. The van der Waals surface area contributed by atoms with Crippen LogP contribution in [0.25, 0.3) is 0 Å². The molecule has 1 N–H and O–H groups in total. The molecule has 0 atom stereocenters. The van der Waals surface area contributed by atoms with Crippen molar-refractivity contribution in [1.29, 1.82) is 0 Å². The molecule has 1 aliphatic rings. The quantitative estimate of drug-likeness (QED) is 0.817. The molecule has 0 spiro atoms. The number of carbonyl (C=O) groups excluding carboxylic acids is 1. The summed E-state index contributed by atoms with van der Waals surface area (Å²) in [6.07, 6.45) is 4.39. The molecule has 0 aliphatic heterocycles. The second-order valence-corrected chi connectivity index (χ2v) is 4.42. The van der Waals surface area contributed by atoms with Crippen LogP contribution in [0, 0.1) is 5.92 Å². The Hall–Kier alpha value is -1.02. The van der Waals surface area contributed by atoms with Crippen molar-refractivity contribution in [1.82, 2.24) is 0 Å². The maximum absolute atomic E-state index is 11.8. The number of benzene rings is 1. The molecule has 1 aromatic carbocycles. The summed E-state index contributed by atoms with van der Waals surface area (Å²) in [7, 11) is 0. The summed E-state index contributed by atoms with van der Waals surface area (Å²) in [5.41, 5.74) is 0.791. The van der Waals surface area contributed by atoms with Crippen molar-refractivity contribution in [3.8, 4) is 0 Å². The first-order chi connectivity index (χ1) is 7.25. The van der Waals surface area contributed by atoms with Crippen LogP contribution in [0.1, 0.15) is 25.7 Å². The van der Waals surface area contributed by atoms with Gasteiger partial charge in [0.05, 0.1) is 0 Å². The van der Waals surface area contributed by atoms with Crippen LogP contribution in [0.4, 0.5) is 5.69 Å². The van der Waals surface area contributed by atoms with Gasteiger partial charge in [-0.05, 0) is 31.0 Å². The van der Waals surface area contributed by atoms with Crippen LogP contribution in [0.15, 0.2) is 24.3 Å². The van der Waals surface area contributed by atoms with Gasteiger partial charge in [-0.15, -0.1) is 0 Å². The van der Waals surface area contributed by atoms with E-state index in [4.69, 9.17) is 11.6 Å². The first-order valence-electron chi connectivity index (χ1n) is 5.32. The van der Waals surface area contributed by atoms with Gasteiger partial charge in [0.2, 0.25) is 5.91 Å². The van der Waals surface area contributed by atoms with Crippen LogP contribution in [0.3, 0.4) is 0 Å². The number of carbonyl (C=O) groups is 1. The van der Waals surface area contributed by atoms with Crippen molar-refractivity contribution in [2.75, 3.05) is 5.32 Å². The van der Waals surface area contributed by atoms with E-state index in [1.54, 1.807) is 12.1 Å². The fraction of sp³-hybridized carbons (Fsp3) is 0.417. The Kier molecular flexibility index (Phi) is 3.27. The van der Waals surface area contributed by atoms with E-state index in [9.17, 15) is 4.79 Å². The lowest BCUT2D eigenvalue weighted by Gasteiger charge is -2.10. The van der Waals surface area contributed by atoms with Crippen molar-refractivity contribution in [2.24, 2.45) is 5.92 Å². The zero-order valence-corrected chi connectivity index (χ0v) is 9.26. The molecule has 1 amide bonds. The molecule has 2 nitrogen and oxygen atoms in total. The maximum Gasteiger partial charge on any atom is 0.227 e. The predicted molar refractivity (Wildman–Crippen MR) is 62.0 cm³/mol. The SMILES string of the molecule is O=C(Nc1cccc(Cl)c1)C1CCCC1. The summed E-state index contributed by atoms with van der Waals surface area (Å²) < 4.78 is 0. The number of hydrogen-bond donors (Lipinski definition) is 1. The van der Waals surface area contributed by atoms with Crippen molar-refractivity contribution in [3.63, 3.8) is 0 Å². The van der Waals surface area contributed by atoms with E-state index >= 15 is 0 Å². The second kappa shape index (κ2) is 4.67. The van der Waals surface area contributed by atoms with Gasteiger partial charge in [-0.25, -0.2) is 0 Å². The molecule has 1 fully saturated rings. The number of rotatable bonds is 2. The predicted octanol–water partition coefficient (Wildman–Crippen LogP) is 3.47. The minimum absolute atomic E-state index is 0.134. The van der Waals surface area contributed by atoms with E-state index < -0.39 is 0 Å². The Morgan fingerprint density at radius 2 is 2.07 bits per heavy atom. The third-order valence-corrected chi connectivity index (χ3v) is 3.05. The van der Waals surface area contributed by atoms with E-state index in [1.807, 2.05) is 12.1 Å². The highest BCUT2D eigenvalue weighted by Crippen LogP contribution is 2.26. The van der Waals surface area contributed by atoms with Crippen LogP contribution in [0.2, 0.25) is 5.02 Å². The van der Waals surface area contributed by atoms with Gasteiger partial charge >= 0.3 is 0 Å². The maximum atomic E-state index is 11.8. The van der Waals surface area contributed by atoms with Crippen molar-refractivity contribution in [2.45, 2.75) is 25.7 Å². The van der Waals surface area contributed by atoms with E-state index in [0.29, 0.717) is 5.02 Å². The molecule has 1 aromatic rings. The third-order valence-electron chi connectivity index (χ3n) is 2.82. The van der Waals surface area contributed by atoms with E-state index in [2.05, 4.69) is 5.32 Å². The number of halogens is 1. The highest BCUT2D eigenvalue weighted by atomic mass is 35.5. The highest BCUT2D eigenvalue weighted by molar-refractivity contribution is 6.30. The normalized spacial score (nSPS) is 16.6. The fourth-order valence-electron chi connectivity index (χ4n) is 2.00. The summed E-state index contributed by atoms with van der Waals surface area (Å²) in [5, 5.41) is 3.55. The summed E-state index contributed by atoms with van der Waals surface area (Å²) in [6, 6.07) is 7.27. The van der Waals surface area contributed by atoms with Crippen LogP contribution < -0.4 is 5.32 Å². The number of nitrogens with one attached hydrogen (secondary N) is 1. The Bertz CT molecular complexity index is 358. The monoisotopic (exact) mass is 223 g/mol. The van der Waals surface area contributed by atoms with Gasteiger partial charge in [0.15, 0.2) is 0 Å². The number of anilines is 1. The molecule has 1 saturated carbocycles. The summed E-state index contributed by atoms with van der Waals surface area (Å²) in [4.78, 5) is 11.8. The molecule has 0 unspecified atom stereocenters. The van der Waals surface area contributed by atoms with Crippen LogP contribution in [-0.4, -0.2) is 5.91 Å². The van der Waals surface area contributed by atoms with Crippen molar-refractivity contribution < 1.29 is 4.79 Å². The van der Waals surface area contributed by atoms with Crippen LogP contribution >= 0.6 is 11.6 Å². The highest BCUT2D eigenvalue weighted by Gasteiger charge is 2.22. The lowest BCUT2D eigenvalue weighted by molar-refractivity contribution is -0.119. The van der Waals surface area contributed by atoms with Gasteiger partial charge < -0.3 is 5.32 Å². The van der Waals surface area contributed by atoms with E-state index in [0.717, 1.165) is 18.5 Å².